The molecular formula is C15H23F3N2O2S. The quantitative estimate of drug-likeness (QED) is 0.799. The summed E-state index contributed by atoms with van der Waals surface area (Å²) in [4.78, 5) is 2.07. The summed E-state index contributed by atoms with van der Waals surface area (Å²) in [5, 5.41) is 0. The van der Waals surface area contributed by atoms with Crippen LogP contribution in [-0.2, 0) is 10.0 Å². The predicted octanol–water partition coefficient (Wildman–Crippen LogP) is 3.17. The lowest BCUT2D eigenvalue weighted by molar-refractivity contribution is -0.0446. The van der Waals surface area contributed by atoms with Crippen molar-refractivity contribution in [2.75, 3.05) is 19.6 Å². The lowest BCUT2D eigenvalue weighted by Gasteiger charge is -2.35. The van der Waals surface area contributed by atoms with Gasteiger partial charge in [-0.2, -0.15) is 13.2 Å². The molecule has 0 amide bonds. The lowest BCUT2D eigenvalue weighted by atomic mass is 9.98. The number of hydrogen-bond donors (Lipinski definition) is 1. The van der Waals surface area contributed by atoms with Gasteiger partial charge >= 0.3 is 15.5 Å². The third-order valence-corrected chi connectivity index (χ3v) is 4.48. The van der Waals surface area contributed by atoms with Gasteiger partial charge in [-0.15, -0.1) is 0 Å². The summed E-state index contributed by atoms with van der Waals surface area (Å²) in [7, 11) is -5.32. The fourth-order valence-corrected chi connectivity index (χ4v) is 2.91. The Balaban J connectivity index is 2.95. The van der Waals surface area contributed by atoms with Crippen LogP contribution in [0.1, 0.15) is 26.7 Å². The average molecular weight is 352 g/mol. The third kappa shape index (κ3) is 5.69. The van der Waals surface area contributed by atoms with Crippen LogP contribution in [0, 0.1) is 5.92 Å². The Labute approximate surface area is 135 Å². The van der Waals surface area contributed by atoms with Gasteiger partial charge in [-0.25, -0.2) is 13.1 Å². The lowest BCUT2D eigenvalue weighted by Crippen LogP contribution is -2.37. The van der Waals surface area contributed by atoms with Crippen LogP contribution < -0.4 is 4.72 Å². The van der Waals surface area contributed by atoms with Crippen molar-refractivity contribution in [2.45, 2.75) is 32.2 Å². The number of allylic oxidation sites excluding steroid dienone is 3. The highest BCUT2D eigenvalue weighted by Crippen LogP contribution is 2.27. The molecule has 1 heterocycles. The van der Waals surface area contributed by atoms with Gasteiger partial charge in [-0.3, -0.25) is 0 Å². The maximum atomic E-state index is 12.3. The molecule has 1 fully saturated rings. The standard InChI is InChI=1S/C15H23F3N2O2S/c1-4-6-13-7-5-10-20(11-12(2)3)14(13)8-9-19-23(21,22)15(16,17)18/h4,6,8,12,19H,1,5,7,9-11H2,2-3H3/b13-6-,14-8+. The van der Waals surface area contributed by atoms with E-state index in [1.54, 1.807) is 10.8 Å². The second-order valence-electron chi connectivity index (χ2n) is 5.76. The third-order valence-electron chi connectivity index (χ3n) is 3.32. The number of likely N-dealkylation sites (tertiary alicyclic amines) is 1. The molecular weight excluding hydrogens is 329 g/mol. The fourth-order valence-electron chi connectivity index (χ4n) is 2.44. The van der Waals surface area contributed by atoms with Crippen LogP contribution >= 0.6 is 0 Å². The van der Waals surface area contributed by atoms with Crippen LogP contribution in [0.25, 0.3) is 0 Å². The summed E-state index contributed by atoms with van der Waals surface area (Å²) in [6, 6.07) is 0. The minimum absolute atomic E-state index is 0.383. The summed E-state index contributed by atoms with van der Waals surface area (Å²) in [5.74, 6) is 0.383. The number of rotatable bonds is 6. The molecule has 1 aliphatic heterocycles. The van der Waals surface area contributed by atoms with Crippen LogP contribution in [0.15, 0.2) is 36.1 Å². The highest BCUT2D eigenvalue weighted by Gasteiger charge is 2.45. The Morgan fingerprint density at radius 1 is 1.39 bits per heavy atom. The van der Waals surface area contributed by atoms with Crippen LogP contribution in [0.4, 0.5) is 13.2 Å². The molecule has 4 nitrogen and oxygen atoms in total. The normalized spacial score (nSPS) is 20.5. The highest BCUT2D eigenvalue weighted by atomic mass is 32.2. The van der Waals surface area contributed by atoms with E-state index in [2.05, 4.69) is 25.3 Å². The van der Waals surface area contributed by atoms with Crippen molar-refractivity contribution >= 4 is 10.0 Å². The molecule has 23 heavy (non-hydrogen) atoms. The van der Waals surface area contributed by atoms with E-state index in [0.717, 1.165) is 37.2 Å². The Kier molecular flexibility index (Phi) is 6.88. The number of alkyl halides is 3. The van der Waals surface area contributed by atoms with Crippen molar-refractivity contribution < 1.29 is 21.6 Å². The van der Waals surface area contributed by atoms with E-state index in [1.807, 2.05) is 6.08 Å². The van der Waals surface area contributed by atoms with Crippen LogP contribution in [0.5, 0.6) is 0 Å². The topological polar surface area (TPSA) is 49.4 Å². The summed E-state index contributed by atoms with van der Waals surface area (Å²) < 4.78 is 60.7. The number of piperidine rings is 1. The zero-order valence-corrected chi connectivity index (χ0v) is 14.2. The highest BCUT2D eigenvalue weighted by molar-refractivity contribution is 7.90. The smallest absolute Gasteiger partial charge is 0.371 e. The van der Waals surface area contributed by atoms with Gasteiger partial charge in [0.05, 0.1) is 0 Å². The number of halogens is 3. The minimum atomic E-state index is -5.32. The molecule has 0 radical (unpaired) electrons. The van der Waals surface area contributed by atoms with Crippen molar-refractivity contribution in [1.29, 1.82) is 0 Å². The predicted molar refractivity (Wildman–Crippen MR) is 85.0 cm³/mol. The number of nitrogens with zero attached hydrogens (tertiary/aromatic N) is 1. The average Bonchev–Trinajstić information content (AvgIpc) is 2.40. The summed E-state index contributed by atoms with van der Waals surface area (Å²) in [6.45, 7) is 8.90. The van der Waals surface area contributed by atoms with E-state index >= 15 is 0 Å². The second kappa shape index (κ2) is 8.01. The first-order valence-electron chi connectivity index (χ1n) is 7.41. The number of sulfonamides is 1. The van der Waals surface area contributed by atoms with E-state index in [9.17, 15) is 21.6 Å². The number of nitrogens with one attached hydrogen (secondary N) is 1. The Hall–Kier alpha value is -1.28. The maximum absolute atomic E-state index is 12.3. The number of hydrogen-bond acceptors (Lipinski definition) is 3. The molecule has 0 aromatic heterocycles. The van der Waals surface area contributed by atoms with Gasteiger partial charge in [0.1, 0.15) is 0 Å². The molecule has 1 aliphatic rings. The van der Waals surface area contributed by atoms with Crippen molar-refractivity contribution in [2.24, 2.45) is 5.92 Å². The molecule has 1 rings (SSSR count). The van der Waals surface area contributed by atoms with Crippen molar-refractivity contribution in [3.05, 3.63) is 36.1 Å². The summed E-state index contributed by atoms with van der Waals surface area (Å²) in [6.07, 6.45) is 6.68. The Bertz CT molecular complexity index is 578. The van der Waals surface area contributed by atoms with Crippen LogP contribution in [-0.4, -0.2) is 38.5 Å². The molecule has 0 unspecified atom stereocenters. The van der Waals surface area contributed by atoms with Crippen LogP contribution in [0.2, 0.25) is 0 Å². The first kappa shape index (κ1) is 19.8. The van der Waals surface area contributed by atoms with Crippen LogP contribution in [0.3, 0.4) is 0 Å². The Morgan fingerprint density at radius 3 is 2.57 bits per heavy atom. The van der Waals surface area contributed by atoms with E-state index in [4.69, 9.17) is 0 Å². The maximum Gasteiger partial charge on any atom is 0.511 e. The Morgan fingerprint density at radius 2 is 2.04 bits per heavy atom. The molecule has 1 N–H and O–H groups in total. The SMILES string of the molecule is C=C/C=C1/CCCN(CC(C)C)/C1=C/CNS(=O)(=O)C(F)(F)F. The van der Waals surface area contributed by atoms with Gasteiger partial charge in [0.2, 0.25) is 0 Å². The zero-order valence-electron chi connectivity index (χ0n) is 13.4. The van der Waals surface area contributed by atoms with Gasteiger partial charge in [-0.1, -0.05) is 32.6 Å². The summed E-state index contributed by atoms with van der Waals surface area (Å²) in [5.41, 5.74) is -3.57. The largest absolute Gasteiger partial charge is 0.511 e. The zero-order chi connectivity index (χ0) is 17.7. The van der Waals surface area contributed by atoms with E-state index in [0.29, 0.717) is 5.92 Å². The second-order valence-corrected chi connectivity index (χ2v) is 7.52. The van der Waals surface area contributed by atoms with Gasteiger partial charge in [0.15, 0.2) is 0 Å². The van der Waals surface area contributed by atoms with Gasteiger partial charge in [-0.05, 0) is 30.4 Å². The molecule has 0 spiro atoms. The van der Waals surface area contributed by atoms with Gasteiger partial charge < -0.3 is 4.90 Å². The van der Waals surface area contributed by atoms with Crippen molar-refractivity contribution in [1.82, 2.24) is 9.62 Å². The molecule has 0 atom stereocenters. The first-order valence-corrected chi connectivity index (χ1v) is 8.89. The fraction of sp³-hybridized carbons (Fsp3) is 0.600. The van der Waals surface area contributed by atoms with Gasteiger partial charge in [0.25, 0.3) is 0 Å². The van der Waals surface area contributed by atoms with E-state index < -0.39 is 22.1 Å². The molecule has 8 heteroatoms. The first-order chi connectivity index (χ1) is 10.6. The van der Waals surface area contributed by atoms with Gasteiger partial charge in [0, 0.05) is 25.3 Å². The van der Waals surface area contributed by atoms with Crippen molar-refractivity contribution in [3.63, 3.8) is 0 Å². The van der Waals surface area contributed by atoms with E-state index in [-0.39, 0.29) is 0 Å². The molecule has 0 bridgehead atoms. The summed E-state index contributed by atoms with van der Waals surface area (Å²) >= 11 is 0. The molecule has 0 aliphatic carbocycles. The molecule has 132 valence electrons. The van der Waals surface area contributed by atoms with E-state index in [1.165, 1.54) is 6.08 Å². The van der Waals surface area contributed by atoms with Crippen molar-refractivity contribution in [3.8, 4) is 0 Å². The molecule has 0 aromatic rings. The molecule has 1 saturated heterocycles. The molecule has 0 aromatic carbocycles. The monoisotopic (exact) mass is 352 g/mol. The minimum Gasteiger partial charge on any atom is -0.371 e. The molecule has 0 saturated carbocycles.